The van der Waals surface area contributed by atoms with Gasteiger partial charge >= 0.3 is 0 Å². The molecule has 1 saturated heterocycles. The third-order valence-electron chi connectivity index (χ3n) is 2.74. The van der Waals surface area contributed by atoms with Gasteiger partial charge < -0.3 is 4.74 Å². The highest BCUT2D eigenvalue weighted by molar-refractivity contribution is 8.76. The van der Waals surface area contributed by atoms with Crippen LogP contribution in [0.1, 0.15) is 27.2 Å². The number of ether oxygens (including phenoxy) is 1. The lowest BCUT2D eigenvalue weighted by Gasteiger charge is -2.26. The summed E-state index contributed by atoms with van der Waals surface area (Å²) >= 11 is 0. The van der Waals surface area contributed by atoms with Crippen molar-refractivity contribution in [3.8, 4) is 0 Å². The number of rotatable bonds is 7. The van der Waals surface area contributed by atoms with Gasteiger partial charge in [-0.05, 0) is 11.8 Å². The Morgan fingerprint density at radius 3 is 2.50 bits per heavy atom. The van der Waals surface area contributed by atoms with E-state index in [2.05, 4.69) is 37.8 Å². The van der Waals surface area contributed by atoms with Crippen LogP contribution in [-0.2, 0) is 4.74 Å². The van der Waals surface area contributed by atoms with E-state index in [0.29, 0.717) is 5.41 Å². The van der Waals surface area contributed by atoms with Crippen molar-refractivity contribution in [2.45, 2.75) is 27.2 Å². The zero-order valence-electron chi connectivity index (χ0n) is 12.0. The van der Waals surface area contributed by atoms with Gasteiger partial charge in [-0.2, -0.15) is 0 Å². The molecule has 1 fully saturated rings. The fourth-order valence-electron chi connectivity index (χ4n) is 1.64. The van der Waals surface area contributed by atoms with Gasteiger partial charge in [-0.25, -0.2) is 0 Å². The number of morpholine rings is 1. The van der Waals surface area contributed by atoms with E-state index in [0.717, 1.165) is 32.1 Å². The molecule has 18 heavy (non-hydrogen) atoms. The molecule has 4 heteroatoms. The highest BCUT2D eigenvalue weighted by Gasteiger charge is 2.09. The first-order chi connectivity index (χ1) is 8.58. The van der Waals surface area contributed by atoms with Gasteiger partial charge in [0.25, 0.3) is 0 Å². The van der Waals surface area contributed by atoms with Crippen molar-refractivity contribution in [1.82, 2.24) is 4.90 Å². The number of allylic oxidation sites excluding steroid dienone is 1. The number of nitrogens with zero attached hydrogens (tertiary/aromatic N) is 1. The molecule has 0 aromatic rings. The average Bonchev–Trinajstić information content (AvgIpc) is 2.32. The molecule has 0 N–H and O–H groups in total. The molecular formula is C14H27NOS2. The molecule has 0 unspecified atom stereocenters. The molecule has 2 nitrogen and oxygen atoms in total. The second kappa shape index (κ2) is 9.29. The van der Waals surface area contributed by atoms with Crippen LogP contribution < -0.4 is 0 Å². The van der Waals surface area contributed by atoms with Crippen molar-refractivity contribution >= 4 is 21.6 Å². The SMILES string of the molecule is CC(C)(C)C/C=C\CSSCCN1CCOCC1. The molecule has 0 aliphatic carbocycles. The Labute approximate surface area is 120 Å². The fourth-order valence-corrected chi connectivity index (χ4v) is 3.51. The zero-order valence-corrected chi connectivity index (χ0v) is 13.6. The van der Waals surface area contributed by atoms with E-state index < -0.39 is 0 Å². The molecule has 106 valence electrons. The Kier molecular flexibility index (Phi) is 8.47. The van der Waals surface area contributed by atoms with Gasteiger partial charge in [0.15, 0.2) is 0 Å². The molecule has 0 saturated carbocycles. The molecule has 0 atom stereocenters. The molecule has 0 amide bonds. The van der Waals surface area contributed by atoms with E-state index in [4.69, 9.17) is 4.74 Å². The normalized spacial score (nSPS) is 18.6. The molecular weight excluding hydrogens is 262 g/mol. The second-order valence-electron chi connectivity index (χ2n) is 5.80. The zero-order chi connectivity index (χ0) is 13.3. The van der Waals surface area contributed by atoms with Gasteiger partial charge in [0.05, 0.1) is 13.2 Å². The van der Waals surface area contributed by atoms with Gasteiger partial charge in [0, 0.05) is 31.1 Å². The predicted octanol–water partition coefficient (Wildman–Crippen LogP) is 3.69. The van der Waals surface area contributed by atoms with Crippen molar-refractivity contribution < 1.29 is 4.74 Å². The van der Waals surface area contributed by atoms with Crippen molar-refractivity contribution in [2.24, 2.45) is 5.41 Å². The predicted molar refractivity (Wildman–Crippen MR) is 85.4 cm³/mol. The summed E-state index contributed by atoms with van der Waals surface area (Å²) in [5, 5.41) is 0. The lowest BCUT2D eigenvalue weighted by Crippen LogP contribution is -2.37. The first kappa shape index (κ1) is 16.4. The molecule has 1 heterocycles. The van der Waals surface area contributed by atoms with Crippen LogP contribution in [0, 0.1) is 5.41 Å². The second-order valence-corrected chi connectivity index (χ2v) is 8.42. The third kappa shape index (κ3) is 9.31. The molecule has 0 aromatic heterocycles. The summed E-state index contributed by atoms with van der Waals surface area (Å²) < 4.78 is 5.34. The first-order valence-electron chi connectivity index (χ1n) is 6.77. The maximum absolute atomic E-state index is 5.34. The Balaban J connectivity index is 1.89. The van der Waals surface area contributed by atoms with E-state index in [1.54, 1.807) is 0 Å². The first-order valence-corrected chi connectivity index (χ1v) is 9.26. The molecule has 0 radical (unpaired) electrons. The minimum Gasteiger partial charge on any atom is -0.379 e. The Morgan fingerprint density at radius 2 is 1.83 bits per heavy atom. The fraction of sp³-hybridized carbons (Fsp3) is 0.857. The smallest absolute Gasteiger partial charge is 0.0594 e. The van der Waals surface area contributed by atoms with E-state index in [-0.39, 0.29) is 0 Å². The molecule has 0 spiro atoms. The molecule has 1 aliphatic rings. The maximum Gasteiger partial charge on any atom is 0.0594 e. The van der Waals surface area contributed by atoms with Gasteiger partial charge in [-0.15, -0.1) is 0 Å². The van der Waals surface area contributed by atoms with Crippen LogP contribution in [0.15, 0.2) is 12.2 Å². The van der Waals surface area contributed by atoms with Gasteiger partial charge in [0.2, 0.25) is 0 Å². The minimum absolute atomic E-state index is 0.421. The quantitative estimate of drug-likeness (QED) is 0.402. The Hall–Kier alpha value is 0.360. The number of hydrogen-bond donors (Lipinski definition) is 0. The average molecular weight is 290 g/mol. The summed E-state index contributed by atoms with van der Waals surface area (Å²) in [6, 6.07) is 0. The molecule has 0 bridgehead atoms. The highest BCUT2D eigenvalue weighted by atomic mass is 33.1. The van der Waals surface area contributed by atoms with E-state index >= 15 is 0 Å². The van der Waals surface area contributed by atoms with E-state index in [9.17, 15) is 0 Å². The van der Waals surface area contributed by atoms with Crippen molar-refractivity contribution in [2.75, 3.05) is 44.4 Å². The van der Waals surface area contributed by atoms with Crippen LogP contribution in [-0.4, -0.2) is 49.3 Å². The minimum atomic E-state index is 0.421. The maximum atomic E-state index is 5.34. The van der Waals surface area contributed by atoms with Gasteiger partial charge in [-0.3, -0.25) is 4.90 Å². The largest absolute Gasteiger partial charge is 0.379 e. The van der Waals surface area contributed by atoms with Crippen molar-refractivity contribution in [1.29, 1.82) is 0 Å². The van der Waals surface area contributed by atoms with Crippen LogP contribution in [0.25, 0.3) is 0 Å². The Bertz CT molecular complexity index is 232. The lowest BCUT2D eigenvalue weighted by molar-refractivity contribution is 0.0410. The van der Waals surface area contributed by atoms with Gasteiger partial charge in [-0.1, -0.05) is 54.5 Å². The monoisotopic (exact) mass is 289 g/mol. The summed E-state index contributed by atoms with van der Waals surface area (Å²) in [7, 11) is 3.95. The van der Waals surface area contributed by atoms with E-state index in [1.165, 1.54) is 18.7 Å². The summed E-state index contributed by atoms with van der Waals surface area (Å²) in [5.74, 6) is 2.35. The standard InChI is InChI=1S/C14H27NOS2/c1-14(2,3)6-4-5-12-17-18-13-9-15-7-10-16-11-8-15/h4-5H,6-13H2,1-3H3/b5-4-. The Morgan fingerprint density at radius 1 is 1.11 bits per heavy atom. The van der Waals surface area contributed by atoms with Gasteiger partial charge in [0.1, 0.15) is 0 Å². The summed E-state index contributed by atoms with van der Waals surface area (Å²) in [6.45, 7) is 12.1. The summed E-state index contributed by atoms with van der Waals surface area (Å²) in [5.41, 5.74) is 0.421. The van der Waals surface area contributed by atoms with Crippen LogP contribution in [0.2, 0.25) is 0 Å². The lowest BCUT2D eigenvalue weighted by atomic mass is 9.92. The van der Waals surface area contributed by atoms with Crippen LogP contribution in [0.4, 0.5) is 0 Å². The molecule has 1 rings (SSSR count). The van der Waals surface area contributed by atoms with Crippen molar-refractivity contribution in [3.63, 3.8) is 0 Å². The molecule has 0 aromatic carbocycles. The third-order valence-corrected chi connectivity index (χ3v) is 4.99. The number of hydrogen-bond acceptors (Lipinski definition) is 4. The van der Waals surface area contributed by atoms with Crippen molar-refractivity contribution in [3.05, 3.63) is 12.2 Å². The van der Waals surface area contributed by atoms with Crippen LogP contribution in [0.3, 0.4) is 0 Å². The summed E-state index contributed by atoms with van der Waals surface area (Å²) in [4.78, 5) is 2.49. The van der Waals surface area contributed by atoms with E-state index in [1.807, 2.05) is 21.6 Å². The van der Waals surface area contributed by atoms with Crippen LogP contribution in [0.5, 0.6) is 0 Å². The molecule has 1 aliphatic heterocycles. The van der Waals surface area contributed by atoms with Crippen LogP contribution >= 0.6 is 21.6 Å². The summed E-state index contributed by atoms with van der Waals surface area (Å²) in [6.07, 6.45) is 5.79. The topological polar surface area (TPSA) is 12.5 Å². The highest BCUT2D eigenvalue weighted by Crippen LogP contribution is 2.22.